The Morgan fingerprint density at radius 1 is 1.11 bits per heavy atom. The lowest BCUT2D eigenvalue weighted by Crippen LogP contribution is -2.42. The number of carbonyl (C=O) groups is 1. The van der Waals surface area contributed by atoms with Crippen molar-refractivity contribution >= 4 is 34.7 Å². The lowest BCUT2D eigenvalue weighted by molar-refractivity contribution is -0.130. The molecule has 0 aromatic heterocycles. The predicted octanol–water partition coefficient (Wildman–Crippen LogP) is 3.85. The number of thioether (sulfide) groups is 1. The Morgan fingerprint density at radius 2 is 1.81 bits per heavy atom. The highest BCUT2D eigenvalue weighted by Gasteiger charge is 2.27. The highest BCUT2D eigenvalue weighted by Crippen LogP contribution is 2.35. The molecule has 0 aliphatic carbocycles. The van der Waals surface area contributed by atoms with Crippen molar-refractivity contribution in [3.63, 3.8) is 0 Å². The Morgan fingerprint density at radius 3 is 2.52 bits per heavy atom. The molecule has 1 amide bonds. The van der Waals surface area contributed by atoms with Crippen molar-refractivity contribution in [2.45, 2.75) is 11.0 Å². The Hall–Kier alpha value is -2.99. The van der Waals surface area contributed by atoms with Crippen LogP contribution in [0.2, 0.25) is 0 Å². The van der Waals surface area contributed by atoms with E-state index in [1.807, 2.05) is 66.9 Å². The van der Waals surface area contributed by atoms with Crippen LogP contribution in [-0.4, -0.2) is 31.1 Å². The number of benzene rings is 3. The topological polar surface area (TPSA) is 59.9 Å². The van der Waals surface area contributed by atoms with Crippen molar-refractivity contribution < 1.29 is 14.3 Å². The molecule has 1 heterocycles. The maximum absolute atomic E-state index is 12.3. The maximum Gasteiger partial charge on any atom is 0.284 e. The Balaban J connectivity index is 1.41. The lowest BCUT2D eigenvalue weighted by atomic mass is 10.1. The smallest absolute Gasteiger partial charge is 0.284 e. The Bertz CT molecular complexity index is 1000. The average Bonchev–Trinajstić information content (AvgIpc) is 2.72. The van der Waals surface area contributed by atoms with Crippen LogP contribution in [0.4, 0.5) is 0 Å². The van der Waals surface area contributed by atoms with Crippen LogP contribution in [0.1, 0.15) is 5.56 Å². The molecule has 1 N–H and O–H groups in total. The summed E-state index contributed by atoms with van der Waals surface area (Å²) in [7, 11) is 0. The third-order valence-electron chi connectivity index (χ3n) is 4.27. The minimum atomic E-state index is -0.741. The summed E-state index contributed by atoms with van der Waals surface area (Å²) in [6.07, 6.45) is 2.89. The molecule has 0 fully saturated rings. The van der Waals surface area contributed by atoms with E-state index in [1.165, 1.54) is 4.90 Å². The third-order valence-corrected chi connectivity index (χ3v) is 5.01. The van der Waals surface area contributed by atoms with E-state index < -0.39 is 6.10 Å². The molecule has 5 nitrogen and oxygen atoms in total. The van der Waals surface area contributed by atoms with E-state index in [0.29, 0.717) is 11.5 Å². The van der Waals surface area contributed by atoms with E-state index in [9.17, 15) is 4.79 Å². The zero-order valence-corrected chi connectivity index (χ0v) is 15.5. The fraction of sp³-hybridized carbons (Fsp3) is 0.143. The van der Waals surface area contributed by atoms with Crippen LogP contribution >= 0.6 is 11.8 Å². The highest BCUT2D eigenvalue weighted by molar-refractivity contribution is 7.98. The minimum absolute atomic E-state index is 0.148. The first-order valence-corrected chi connectivity index (χ1v) is 9.74. The first kappa shape index (κ1) is 17.4. The van der Waals surface area contributed by atoms with Crippen LogP contribution in [-0.2, 0) is 4.79 Å². The molecule has 4 rings (SSSR count). The summed E-state index contributed by atoms with van der Waals surface area (Å²) in [4.78, 5) is 13.5. The molecule has 3 aromatic carbocycles. The van der Waals surface area contributed by atoms with Crippen LogP contribution in [0.15, 0.2) is 70.7 Å². The van der Waals surface area contributed by atoms with E-state index in [1.54, 1.807) is 18.0 Å². The highest BCUT2D eigenvalue weighted by atomic mass is 32.2. The number of nitrogens with zero attached hydrogens (tertiary/aromatic N) is 1. The number of rotatable bonds is 4. The molecule has 0 radical (unpaired) electrons. The van der Waals surface area contributed by atoms with Gasteiger partial charge in [0.25, 0.3) is 5.91 Å². The van der Waals surface area contributed by atoms with Crippen molar-refractivity contribution in [2.24, 2.45) is 5.10 Å². The summed E-state index contributed by atoms with van der Waals surface area (Å²) in [5.74, 6) is 0.873. The second-order valence-electron chi connectivity index (χ2n) is 6.07. The van der Waals surface area contributed by atoms with Crippen LogP contribution in [0, 0.1) is 0 Å². The molecule has 0 saturated carbocycles. The van der Waals surface area contributed by atoms with E-state index >= 15 is 0 Å². The molecule has 0 spiro atoms. The van der Waals surface area contributed by atoms with Crippen molar-refractivity contribution in [2.75, 3.05) is 12.9 Å². The standard InChI is InChI=1S/C21H18N2O3S/c1-27-17-8-6-14(7-9-17)12-22-23-21(24)20-13-25-18-10-15-4-2-3-5-16(15)11-19(18)26-20/h2-12,20H,13H2,1H3,(H,23,24). The number of fused-ring (bicyclic) bond motifs is 2. The van der Waals surface area contributed by atoms with Crippen molar-refractivity contribution in [3.8, 4) is 11.5 Å². The third kappa shape index (κ3) is 3.90. The summed E-state index contributed by atoms with van der Waals surface area (Å²) in [6, 6.07) is 19.7. The summed E-state index contributed by atoms with van der Waals surface area (Å²) in [5, 5.41) is 6.12. The van der Waals surface area contributed by atoms with Gasteiger partial charge in [0.15, 0.2) is 11.5 Å². The van der Waals surface area contributed by atoms with Crippen LogP contribution in [0.25, 0.3) is 10.8 Å². The normalized spacial score (nSPS) is 15.8. The van der Waals surface area contributed by atoms with Crippen LogP contribution in [0.5, 0.6) is 11.5 Å². The minimum Gasteiger partial charge on any atom is -0.485 e. The summed E-state index contributed by atoms with van der Waals surface area (Å²) in [5.41, 5.74) is 3.43. The van der Waals surface area contributed by atoms with Gasteiger partial charge in [-0.2, -0.15) is 5.10 Å². The zero-order valence-electron chi connectivity index (χ0n) is 14.7. The lowest BCUT2D eigenvalue weighted by Gasteiger charge is -2.25. The van der Waals surface area contributed by atoms with Gasteiger partial charge in [0.2, 0.25) is 6.10 Å². The van der Waals surface area contributed by atoms with Gasteiger partial charge in [0.1, 0.15) is 6.61 Å². The number of ether oxygens (including phenoxy) is 2. The largest absolute Gasteiger partial charge is 0.485 e. The predicted molar refractivity (Wildman–Crippen MR) is 108 cm³/mol. The number of nitrogens with one attached hydrogen (secondary N) is 1. The number of hydrogen-bond acceptors (Lipinski definition) is 5. The van der Waals surface area contributed by atoms with Gasteiger partial charge in [-0.15, -0.1) is 11.8 Å². The molecule has 136 valence electrons. The van der Waals surface area contributed by atoms with Crippen molar-refractivity contribution in [1.82, 2.24) is 5.43 Å². The van der Waals surface area contributed by atoms with E-state index in [0.717, 1.165) is 16.3 Å². The summed E-state index contributed by atoms with van der Waals surface area (Å²) < 4.78 is 11.5. The quantitative estimate of drug-likeness (QED) is 0.426. The van der Waals surface area contributed by atoms with Crippen molar-refractivity contribution in [3.05, 3.63) is 66.2 Å². The van der Waals surface area contributed by atoms with E-state index in [-0.39, 0.29) is 12.5 Å². The SMILES string of the molecule is CSc1ccc(C=NNC(=O)C2COc3cc4ccccc4cc3O2)cc1. The van der Waals surface area contributed by atoms with Crippen LogP contribution < -0.4 is 14.9 Å². The van der Waals surface area contributed by atoms with Gasteiger partial charge in [-0.3, -0.25) is 4.79 Å². The first-order valence-electron chi connectivity index (χ1n) is 8.52. The Labute approximate surface area is 161 Å². The van der Waals surface area contributed by atoms with Crippen molar-refractivity contribution in [1.29, 1.82) is 0 Å². The van der Waals surface area contributed by atoms with E-state index in [2.05, 4.69) is 10.5 Å². The molecule has 1 unspecified atom stereocenters. The molecule has 6 heteroatoms. The second-order valence-corrected chi connectivity index (χ2v) is 6.95. The maximum atomic E-state index is 12.3. The van der Waals surface area contributed by atoms with Gasteiger partial charge < -0.3 is 9.47 Å². The first-order chi connectivity index (χ1) is 13.2. The molecule has 0 saturated heterocycles. The molecule has 1 atom stereocenters. The van der Waals surface area contributed by atoms with Gasteiger partial charge in [0.05, 0.1) is 6.21 Å². The molecule has 1 aliphatic rings. The average molecular weight is 378 g/mol. The number of hydrogen-bond donors (Lipinski definition) is 1. The molecular weight excluding hydrogens is 360 g/mol. The fourth-order valence-electron chi connectivity index (χ4n) is 2.82. The van der Waals surface area contributed by atoms with E-state index in [4.69, 9.17) is 9.47 Å². The number of hydrazone groups is 1. The molecular formula is C21H18N2O3S. The Kier molecular flexibility index (Phi) is 4.98. The number of carbonyl (C=O) groups excluding carboxylic acids is 1. The molecule has 27 heavy (non-hydrogen) atoms. The van der Waals surface area contributed by atoms with Crippen LogP contribution in [0.3, 0.4) is 0 Å². The monoisotopic (exact) mass is 378 g/mol. The molecule has 3 aromatic rings. The summed E-state index contributed by atoms with van der Waals surface area (Å²) >= 11 is 1.68. The van der Waals surface area contributed by atoms with Gasteiger partial charge in [-0.25, -0.2) is 5.43 Å². The number of amides is 1. The molecule has 0 bridgehead atoms. The summed E-state index contributed by atoms with van der Waals surface area (Å²) in [6.45, 7) is 0.148. The fourth-order valence-corrected chi connectivity index (χ4v) is 3.23. The van der Waals surface area contributed by atoms with Gasteiger partial charge in [-0.05, 0) is 46.9 Å². The van der Waals surface area contributed by atoms with Gasteiger partial charge >= 0.3 is 0 Å². The second kappa shape index (κ2) is 7.72. The molecule has 1 aliphatic heterocycles. The van der Waals surface area contributed by atoms with Gasteiger partial charge in [-0.1, -0.05) is 36.4 Å². The zero-order chi connectivity index (χ0) is 18.6. The van der Waals surface area contributed by atoms with Gasteiger partial charge in [0, 0.05) is 4.90 Å².